The summed E-state index contributed by atoms with van der Waals surface area (Å²) in [4.78, 5) is 41.2. The molecule has 0 bridgehead atoms. The van der Waals surface area contributed by atoms with Crippen LogP contribution in [0.3, 0.4) is 0 Å². The van der Waals surface area contributed by atoms with E-state index >= 15 is 0 Å². The van der Waals surface area contributed by atoms with Gasteiger partial charge in [-0.15, -0.1) is 0 Å². The van der Waals surface area contributed by atoms with Gasteiger partial charge in [0.2, 0.25) is 15.9 Å². The maximum atomic E-state index is 12.7. The van der Waals surface area contributed by atoms with Gasteiger partial charge in [0.05, 0.1) is 24.4 Å². The molecular weight excluding hydrogens is 440 g/mol. The van der Waals surface area contributed by atoms with Crippen molar-refractivity contribution in [1.82, 2.24) is 23.0 Å². The summed E-state index contributed by atoms with van der Waals surface area (Å²) in [5.41, 5.74) is -0.337. The third-order valence-corrected chi connectivity index (χ3v) is 7.19. The van der Waals surface area contributed by atoms with Crippen LogP contribution in [0.25, 0.3) is 11.2 Å². The maximum Gasteiger partial charge on any atom is 0.332 e. The first-order valence-electron chi connectivity index (χ1n) is 9.79. The summed E-state index contributed by atoms with van der Waals surface area (Å²) in [7, 11) is -0.776. The molecule has 1 amide bonds. The Labute approximate surface area is 182 Å². The molecule has 0 spiro atoms. The molecule has 3 aromatic rings. The van der Waals surface area contributed by atoms with E-state index in [9.17, 15) is 22.8 Å². The highest BCUT2D eigenvalue weighted by Crippen LogP contribution is 2.19. The fourth-order valence-electron chi connectivity index (χ4n) is 3.52. The van der Waals surface area contributed by atoms with Gasteiger partial charge in [-0.25, -0.2) is 18.2 Å². The van der Waals surface area contributed by atoms with Gasteiger partial charge in [0.15, 0.2) is 11.2 Å². The Balaban J connectivity index is 1.51. The largest absolute Gasteiger partial charge is 0.379 e. The number of hydrogen-bond acceptors (Lipinski definition) is 7. The number of amides is 1. The summed E-state index contributed by atoms with van der Waals surface area (Å²) >= 11 is 0. The van der Waals surface area contributed by atoms with Crippen LogP contribution < -0.4 is 16.6 Å². The zero-order valence-corrected chi connectivity index (χ0v) is 18.3. The molecule has 2 aromatic heterocycles. The van der Waals surface area contributed by atoms with Crippen molar-refractivity contribution in [2.75, 3.05) is 31.6 Å². The number of aromatic nitrogens is 4. The van der Waals surface area contributed by atoms with Crippen molar-refractivity contribution in [3.8, 4) is 0 Å². The van der Waals surface area contributed by atoms with Crippen LogP contribution in [0, 0.1) is 0 Å². The van der Waals surface area contributed by atoms with Crippen molar-refractivity contribution in [3.63, 3.8) is 0 Å². The van der Waals surface area contributed by atoms with Gasteiger partial charge in [-0.3, -0.25) is 18.7 Å². The van der Waals surface area contributed by atoms with Crippen molar-refractivity contribution in [2.45, 2.75) is 11.4 Å². The summed E-state index contributed by atoms with van der Waals surface area (Å²) in [5.74, 6) is -0.441. The first-order chi connectivity index (χ1) is 15.2. The van der Waals surface area contributed by atoms with E-state index in [1.807, 2.05) is 0 Å². The third-order valence-electron chi connectivity index (χ3n) is 5.28. The number of imidazole rings is 1. The van der Waals surface area contributed by atoms with E-state index < -0.39 is 27.2 Å². The molecular formula is C19H22N6O6S. The second-order valence-electron chi connectivity index (χ2n) is 7.34. The Morgan fingerprint density at radius 2 is 1.75 bits per heavy atom. The molecule has 1 fully saturated rings. The van der Waals surface area contributed by atoms with E-state index in [-0.39, 0.29) is 22.6 Å². The Hall–Kier alpha value is -3.29. The van der Waals surface area contributed by atoms with E-state index in [0.717, 1.165) is 4.57 Å². The van der Waals surface area contributed by atoms with Crippen LogP contribution in [-0.4, -0.2) is 63.6 Å². The van der Waals surface area contributed by atoms with Crippen LogP contribution in [0.4, 0.5) is 5.69 Å². The minimum atomic E-state index is -3.63. The van der Waals surface area contributed by atoms with Crippen LogP contribution >= 0.6 is 0 Å². The van der Waals surface area contributed by atoms with Crippen LogP contribution in [0.5, 0.6) is 0 Å². The first kappa shape index (κ1) is 21.9. The van der Waals surface area contributed by atoms with E-state index in [2.05, 4.69) is 10.3 Å². The van der Waals surface area contributed by atoms with E-state index in [4.69, 9.17) is 4.74 Å². The molecule has 1 saturated heterocycles. The number of carbonyl (C=O) groups excluding carboxylic acids is 1. The Morgan fingerprint density at radius 1 is 1.09 bits per heavy atom. The highest BCUT2D eigenvalue weighted by Gasteiger charge is 2.26. The minimum Gasteiger partial charge on any atom is -0.379 e. The average Bonchev–Trinajstić information content (AvgIpc) is 3.20. The van der Waals surface area contributed by atoms with Gasteiger partial charge >= 0.3 is 5.69 Å². The monoisotopic (exact) mass is 462 g/mol. The van der Waals surface area contributed by atoms with Gasteiger partial charge < -0.3 is 14.6 Å². The number of nitrogens with zero attached hydrogens (tertiary/aromatic N) is 5. The topological polar surface area (TPSA) is 138 Å². The van der Waals surface area contributed by atoms with Crippen molar-refractivity contribution < 1.29 is 17.9 Å². The molecule has 0 aliphatic carbocycles. The molecule has 0 radical (unpaired) electrons. The molecule has 0 unspecified atom stereocenters. The van der Waals surface area contributed by atoms with Crippen LogP contribution in [0.15, 0.2) is 45.1 Å². The lowest BCUT2D eigenvalue weighted by Gasteiger charge is -2.26. The molecule has 170 valence electrons. The standard InChI is InChI=1S/C19H22N6O6S/c1-22-17-16(18(27)23(2)19(22)28)24(12-20-17)11-15(26)21-13-3-5-14(6-4-13)32(29,30)25-7-9-31-10-8-25/h3-6,12H,7-11H2,1-2H3,(H,21,26). The molecule has 1 N–H and O–H groups in total. The number of fused-ring (bicyclic) bond motifs is 1. The summed E-state index contributed by atoms with van der Waals surface area (Å²) in [6.07, 6.45) is 1.32. The Morgan fingerprint density at radius 3 is 2.41 bits per heavy atom. The summed E-state index contributed by atoms with van der Waals surface area (Å²) in [5, 5.41) is 2.67. The predicted octanol–water partition coefficient (Wildman–Crippen LogP) is -0.907. The number of sulfonamides is 1. The molecule has 32 heavy (non-hydrogen) atoms. The maximum absolute atomic E-state index is 12.7. The second-order valence-corrected chi connectivity index (χ2v) is 9.28. The molecule has 1 aliphatic heterocycles. The third kappa shape index (κ3) is 3.85. The Kier molecular flexibility index (Phi) is 5.71. The zero-order chi connectivity index (χ0) is 23.0. The first-order valence-corrected chi connectivity index (χ1v) is 11.2. The Bertz CT molecular complexity index is 1400. The number of benzene rings is 1. The van der Waals surface area contributed by atoms with Crippen molar-refractivity contribution in [3.05, 3.63) is 51.4 Å². The van der Waals surface area contributed by atoms with Gasteiger partial charge in [0, 0.05) is 32.9 Å². The van der Waals surface area contributed by atoms with E-state index in [0.29, 0.717) is 32.0 Å². The van der Waals surface area contributed by atoms with Gasteiger partial charge in [0.1, 0.15) is 6.54 Å². The molecule has 4 rings (SSSR count). The SMILES string of the molecule is Cn1c(=O)c2c(ncn2CC(=O)Nc2ccc(S(=O)(=O)N3CCOCC3)cc2)n(C)c1=O. The number of hydrogen-bond donors (Lipinski definition) is 1. The number of nitrogens with one attached hydrogen (secondary N) is 1. The summed E-state index contributed by atoms with van der Waals surface area (Å²) < 4.78 is 35.5. The van der Waals surface area contributed by atoms with Crippen LogP contribution in [0.1, 0.15) is 0 Å². The highest BCUT2D eigenvalue weighted by atomic mass is 32.2. The second kappa shape index (κ2) is 8.33. The molecule has 0 atom stereocenters. The molecule has 1 aliphatic rings. The number of carbonyl (C=O) groups is 1. The average molecular weight is 462 g/mol. The lowest BCUT2D eigenvalue weighted by atomic mass is 10.3. The lowest BCUT2D eigenvalue weighted by Crippen LogP contribution is -2.40. The molecule has 3 heterocycles. The van der Waals surface area contributed by atoms with Gasteiger partial charge in [-0.05, 0) is 24.3 Å². The van der Waals surface area contributed by atoms with Crippen molar-refractivity contribution in [2.24, 2.45) is 14.1 Å². The highest BCUT2D eigenvalue weighted by molar-refractivity contribution is 7.89. The fourth-order valence-corrected chi connectivity index (χ4v) is 4.93. The molecule has 0 saturated carbocycles. The number of morpholine rings is 1. The predicted molar refractivity (Wildman–Crippen MR) is 115 cm³/mol. The quantitative estimate of drug-likeness (QED) is 0.518. The molecule has 12 nitrogen and oxygen atoms in total. The number of rotatable bonds is 5. The number of anilines is 1. The van der Waals surface area contributed by atoms with Crippen molar-refractivity contribution >= 4 is 32.8 Å². The smallest absolute Gasteiger partial charge is 0.332 e. The van der Waals surface area contributed by atoms with E-state index in [1.54, 1.807) is 0 Å². The normalized spacial score (nSPS) is 15.2. The van der Waals surface area contributed by atoms with Crippen molar-refractivity contribution in [1.29, 1.82) is 0 Å². The number of ether oxygens (including phenoxy) is 1. The fraction of sp³-hybridized carbons (Fsp3) is 0.368. The minimum absolute atomic E-state index is 0.127. The lowest BCUT2D eigenvalue weighted by molar-refractivity contribution is -0.116. The molecule has 13 heteroatoms. The number of aryl methyl sites for hydroxylation is 1. The van der Waals surface area contributed by atoms with Gasteiger partial charge in [-0.2, -0.15) is 4.31 Å². The zero-order valence-electron chi connectivity index (χ0n) is 17.5. The van der Waals surface area contributed by atoms with Gasteiger partial charge in [-0.1, -0.05) is 0 Å². The van der Waals surface area contributed by atoms with Crippen LogP contribution in [-0.2, 0) is 40.2 Å². The summed E-state index contributed by atoms with van der Waals surface area (Å²) in [6.45, 7) is 1.09. The summed E-state index contributed by atoms with van der Waals surface area (Å²) in [6, 6.07) is 5.86. The molecule has 1 aromatic carbocycles. The van der Waals surface area contributed by atoms with Crippen LogP contribution in [0.2, 0.25) is 0 Å². The van der Waals surface area contributed by atoms with Gasteiger partial charge in [0.25, 0.3) is 5.56 Å². The van der Waals surface area contributed by atoms with E-state index in [1.165, 1.54) is 58.1 Å².